The molecule has 2 heterocycles. The van der Waals surface area contributed by atoms with Crippen molar-refractivity contribution in [1.82, 2.24) is 4.98 Å². The molecule has 108 valence electrons. The van der Waals surface area contributed by atoms with Gasteiger partial charge in [-0.2, -0.15) is 0 Å². The van der Waals surface area contributed by atoms with Crippen LogP contribution in [-0.2, 0) is 16.0 Å². The number of thiazole rings is 1. The van der Waals surface area contributed by atoms with E-state index >= 15 is 0 Å². The van der Waals surface area contributed by atoms with Gasteiger partial charge >= 0.3 is 5.97 Å². The third-order valence-corrected chi connectivity index (χ3v) is 4.19. The number of aromatic nitrogens is 1. The molecular formula is C14H11ClN2O3S. The summed E-state index contributed by atoms with van der Waals surface area (Å²) in [4.78, 5) is 28.4. The molecule has 2 aromatic rings. The van der Waals surface area contributed by atoms with Crippen molar-refractivity contribution in [2.24, 2.45) is 0 Å². The average Bonchev–Trinajstić information content (AvgIpc) is 2.92. The van der Waals surface area contributed by atoms with Crippen molar-refractivity contribution >= 4 is 39.9 Å². The minimum absolute atomic E-state index is 0.294. The van der Waals surface area contributed by atoms with Gasteiger partial charge in [-0.05, 0) is 24.6 Å². The lowest BCUT2D eigenvalue weighted by Gasteiger charge is -2.32. The quantitative estimate of drug-likeness (QED) is 0.863. The highest BCUT2D eigenvalue weighted by atomic mass is 35.5. The lowest BCUT2D eigenvalue weighted by atomic mass is 9.89. The van der Waals surface area contributed by atoms with Crippen LogP contribution in [0.15, 0.2) is 29.8 Å². The standard InChI is InChI=1S/C14H11ClN2O3S/c1-14(12(19)17-13-16-4-5-21-13)7-8-2-3-9(15)6-10(8)11(18)20-14/h2-6H,7H2,1H3,(H,16,17,19). The summed E-state index contributed by atoms with van der Waals surface area (Å²) < 4.78 is 5.33. The molecule has 1 atom stereocenters. The molecule has 3 rings (SSSR count). The molecule has 1 aliphatic rings. The van der Waals surface area contributed by atoms with E-state index in [1.54, 1.807) is 36.7 Å². The summed E-state index contributed by atoms with van der Waals surface area (Å²) in [5, 5.41) is 5.34. The Kier molecular flexibility index (Phi) is 3.43. The third kappa shape index (κ3) is 2.64. The molecule has 7 heteroatoms. The molecule has 1 amide bonds. The van der Waals surface area contributed by atoms with Crippen LogP contribution in [0, 0.1) is 0 Å². The maximum Gasteiger partial charge on any atom is 0.339 e. The molecule has 1 unspecified atom stereocenters. The van der Waals surface area contributed by atoms with Crippen molar-refractivity contribution in [2.45, 2.75) is 18.9 Å². The molecule has 21 heavy (non-hydrogen) atoms. The van der Waals surface area contributed by atoms with E-state index < -0.39 is 17.5 Å². The number of benzene rings is 1. The molecule has 1 aliphatic heterocycles. The monoisotopic (exact) mass is 322 g/mol. The van der Waals surface area contributed by atoms with E-state index in [2.05, 4.69) is 10.3 Å². The SMILES string of the molecule is CC1(C(=O)Nc2nccs2)Cc2ccc(Cl)cc2C(=O)O1. The normalized spacial score (nSPS) is 20.6. The van der Waals surface area contributed by atoms with E-state index in [4.69, 9.17) is 16.3 Å². The average molecular weight is 323 g/mol. The highest BCUT2D eigenvalue weighted by molar-refractivity contribution is 7.13. The summed E-state index contributed by atoms with van der Waals surface area (Å²) in [6, 6.07) is 4.99. The van der Waals surface area contributed by atoms with Gasteiger partial charge in [-0.1, -0.05) is 17.7 Å². The van der Waals surface area contributed by atoms with Crippen LogP contribution in [0.25, 0.3) is 0 Å². The molecule has 0 radical (unpaired) electrons. The highest BCUT2D eigenvalue weighted by Gasteiger charge is 2.43. The van der Waals surface area contributed by atoms with Crippen LogP contribution in [0.1, 0.15) is 22.8 Å². The van der Waals surface area contributed by atoms with Crippen molar-refractivity contribution < 1.29 is 14.3 Å². The van der Waals surface area contributed by atoms with E-state index in [1.807, 2.05) is 0 Å². The van der Waals surface area contributed by atoms with Crippen LogP contribution in [0.3, 0.4) is 0 Å². The first-order chi connectivity index (χ1) is 9.98. The second kappa shape index (κ2) is 5.13. The number of cyclic esters (lactones) is 1. The number of nitrogens with one attached hydrogen (secondary N) is 1. The van der Waals surface area contributed by atoms with Crippen LogP contribution < -0.4 is 5.32 Å². The van der Waals surface area contributed by atoms with Crippen LogP contribution in [0.4, 0.5) is 5.13 Å². The van der Waals surface area contributed by atoms with Crippen molar-refractivity contribution in [3.05, 3.63) is 45.9 Å². The largest absolute Gasteiger partial charge is 0.445 e. The van der Waals surface area contributed by atoms with Gasteiger partial charge in [-0.3, -0.25) is 10.1 Å². The Morgan fingerprint density at radius 2 is 2.33 bits per heavy atom. The fourth-order valence-corrected chi connectivity index (χ4v) is 2.89. The summed E-state index contributed by atoms with van der Waals surface area (Å²) in [5.74, 6) is -0.943. The Labute approximate surface area is 129 Å². The van der Waals surface area contributed by atoms with Crippen molar-refractivity contribution in [3.63, 3.8) is 0 Å². The number of esters is 1. The molecule has 0 aliphatic carbocycles. The predicted molar refractivity (Wildman–Crippen MR) is 79.7 cm³/mol. The van der Waals surface area contributed by atoms with Crippen molar-refractivity contribution in [3.8, 4) is 0 Å². The van der Waals surface area contributed by atoms with E-state index in [0.29, 0.717) is 22.1 Å². The van der Waals surface area contributed by atoms with Gasteiger partial charge in [0.15, 0.2) is 10.7 Å². The minimum Gasteiger partial charge on any atom is -0.445 e. The predicted octanol–water partition coefficient (Wildman–Crippen LogP) is 2.91. The van der Waals surface area contributed by atoms with Gasteiger partial charge < -0.3 is 4.74 Å². The van der Waals surface area contributed by atoms with Crippen LogP contribution in [0.5, 0.6) is 0 Å². The number of carbonyl (C=O) groups excluding carboxylic acids is 2. The zero-order valence-corrected chi connectivity index (χ0v) is 12.6. The molecular weight excluding hydrogens is 312 g/mol. The summed E-state index contributed by atoms with van der Waals surface area (Å²) in [7, 11) is 0. The number of carbonyl (C=O) groups is 2. The summed E-state index contributed by atoms with van der Waals surface area (Å²) in [6.45, 7) is 1.59. The van der Waals surface area contributed by atoms with Crippen molar-refractivity contribution in [2.75, 3.05) is 5.32 Å². The van der Waals surface area contributed by atoms with Crippen LogP contribution in [0.2, 0.25) is 5.02 Å². The Hall–Kier alpha value is -1.92. The molecule has 0 saturated carbocycles. The lowest BCUT2D eigenvalue weighted by Crippen LogP contribution is -2.48. The minimum atomic E-state index is -1.26. The van der Waals surface area contributed by atoms with Crippen molar-refractivity contribution in [1.29, 1.82) is 0 Å². The van der Waals surface area contributed by atoms with Gasteiger partial charge in [0.2, 0.25) is 0 Å². The number of ether oxygens (including phenoxy) is 1. The topological polar surface area (TPSA) is 68.3 Å². The number of anilines is 1. The molecule has 1 aromatic carbocycles. The zero-order chi connectivity index (χ0) is 15.0. The fourth-order valence-electron chi connectivity index (χ4n) is 2.19. The second-order valence-corrected chi connectivity index (χ2v) is 6.22. The molecule has 0 saturated heterocycles. The summed E-state index contributed by atoms with van der Waals surface area (Å²) >= 11 is 7.18. The lowest BCUT2D eigenvalue weighted by molar-refractivity contribution is -0.134. The number of nitrogens with zero attached hydrogens (tertiary/aromatic N) is 1. The third-order valence-electron chi connectivity index (χ3n) is 3.27. The van der Waals surface area contributed by atoms with E-state index in [1.165, 1.54) is 11.3 Å². The molecule has 1 N–H and O–H groups in total. The maximum atomic E-state index is 12.4. The zero-order valence-electron chi connectivity index (χ0n) is 11.1. The van der Waals surface area contributed by atoms with E-state index in [0.717, 1.165) is 5.56 Å². The Bertz CT molecular complexity index is 717. The number of halogens is 1. The molecule has 5 nitrogen and oxygen atoms in total. The Morgan fingerprint density at radius 1 is 1.52 bits per heavy atom. The maximum absolute atomic E-state index is 12.4. The van der Waals surface area contributed by atoms with E-state index in [-0.39, 0.29) is 0 Å². The van der Waals surface area contributed by atoms with Gasteiger partial charge in [0.05, 0.1) is 5.56 Å². The molecule has 0 spiro atoms. The smallest absolute Gasteiger partial charge is 0.339 e. The number of hydrogen-bond donors (Lipinski definition) is 1. The van der Waals surface area contributed by atoms with Gasteiger partial charge in [0, 0.05) is 23.0 Å². The van der Waals surface area contributed by atoms with Gasteiger partial charge in [-0.15, -0.1) is 11.3 Å². The molecule has 1 aromatic heterocycles. The van der Waals surface area contributed by atoms with Gasteiger partial charge in [0.25, 0.3) is 5.91 Å². The number of amides is 1. The summed E-state index contributed by atoms with van der Waals surface area (Å²) in [6.07, 6.45) is 1.88. The Morgan fingerprint density at radius 3 is 3.05 bits per heavy atom. The molecule has 0 bridgehead atoms. The first kappa shape index (κ1) is 14.0. The van der Waals surface area contributed by atoms with Gasteiger partial charge in [-0.25, -0.2) is 9.78 Å². The fraction of sp³-hybridized carbons (Fsp3) is 0.214. The Balaban J connectivity index is 1.88. The second-order valence-electron chi connectivity index (χ2n) is 4.89. The first-order valence-corrected chi connectivity index (χ1v) is 7.46. The highest BCUT2D eigenvalue weighted by Crippen LogP contribution is 2.31. The number of rotatable bonds is 2. The number of fused-ring (bicyclic) bond motifs is 1. The van der Waals surface area contributed by atoms with Crippen LogP contribution >= 0.6 is 22.9 Å². The van der Waals surface area contributed by atoms with Gasteiger partial charge in [0.1, 0.15) is 0 Å². The summed E-state index contributed by atoms with van der Waals surface area (Å²) in [5.41, 5.74) is -0.113. The first-order valence-electron chi connectivity index (χ1n) is 6.21. The van der Waals surface area contributed by atoms with Crippen LogP contribution in [-0.4, -0.2) is 22.5 Å². The molecule has 0 fully saturated rings. The number of hydrogen-bond acceptors (Lipinski definition) is 5. The van der Waals surface area contributed by atoms with E-state index in [9.17, 15) is 9.59 Å².